The zero-order valence-electron chi connectivity index (χ0n) is 15.4. The number of fused-ring (bicyclic) bond motifs is 1. The zero-order chi connectivity index (χ0) is 18.8. The molecule has 4 nitrogen and oxygen atoms in total. The van der Waals surface area contributed by atoms with Crippen LogP contribution in [0, 0.1) is 0 Å². The van der Waals surface area contributed by atoms with Gasteiger partial charge in [-0.15, -0.1) is 0 Å². The predicted molar refractivity (Wildman–Crippen MR) is 112 cm³/mol. The van der Waals surface area contributed by atoms with E-state index in [4.69, 9.17) is 16.6 Å². The highest BCUT2D eigenvalue weighted by molar-refractivity contribution is 6.30. The zero-order valence-corrected chi connectivity index (χ0v) is 16.1. The molecule has 1 N–H and O–H groups in total. The van der Waals surface area contributed by atoms with Gasteiger partial charge in [0, 0.05) is 28.3 Å². The van der Waals surface area contributed by atoms with Gasteiger partial charge in [0.25, 0.3) is 0 Å². The predicted octanol–water partition coefficient (Wildman–Crippen LogP) is 5.93. The molecule has 27 heavy (non-hydrogen) atoms. The minimum Gasteiger partial charge on any atom is -0.367 e. The van der Waals surface area contributed by atoms with E-state index in [2.05, 4.69) is 42.5 Å². The largest absolute Gasteiger partial charge is 0.367 e. The van der Waals surface area contributed by atoms with Crippen molar-refractivity contribution in [2.45, 2.75) is 26.3 Å². The van der Waals surface area contributed by atoms with E-state index in [1.165, 1.54) is 0 Å². The molecule has 1 unspecified atom stereocenters. The summed E-state index contributed by atoms with van der Waals surface area (Å²) >= 11 is 6.05. The molecule has 4 aromatic rings. The standard InChI is InChI=1S/C22H21ClN4/c1-3-15(2)25-21-13-20(17-7-5-4-6-8-17)26-22-19(14-24-27(21)22)16-9-11-18(23)12-10-16/h4-15,25H,3H2,1-2H3. The summed E-state index contributed by atoms with van der Waals surface area (Å²) in [7, 11) is 0. The second kappa shape index (κ2) is 7.41. The maximum Gasteiger partial charge on any atom is 0.165 e. The number of aromatic nitrogens is 3. The quantitative estimate of drug-likeness (QED) is 0.469. The Hall–Kier alpha value is -2.85. The molecule has 2 aromatic carbocycles. The van der Waals surface area contributed by atoms with Crippen molar-refractivity contribution in [2.75, 3.05) is 5.32 Å². The Kier molecular flexibility index (Phi) is 4.82. The molecule has 0 bridgehead atoms. The lowest BCUT2D eigenvalue weighted by Crippen LogP contribution is -2.16. The Bertz CT molecular complexity index is 1060. The summed E-state index contributed by atoms with van der Waals surface area (Å²) in [5.74, 6) is 0.938. The van der Waals surface area contributed by atoms with Gasteiger partial charge in [-0.2, -0.15) is 9.61 Å². The third kappa shape index (κ3) is 3.53. The molecule has 0 radical (unpaired) electrons. The number of benzene rings is 2. The topological polar surface area (TPSA) is 42.2 Å². The Balaban J connectivity index is 1.92. The number of nitrogens with one attached hydrogen (secondary N) is 1. The third-order valence-electron chi connectivity index (χ3n) is 4.70. The molecule has 5 heteroatoms. The lowest BCUT2D eigenvalue weighted by Gasteiger charge is -2.15. The van der Waals surface area contributed by atoms with Crippen LogP contribution in [0.3, 0.4) is 0 Å². The van der Waals surface area contributed by atoms with Crippen LogP contribution < -0.4 is 5.32 Å². The molecular formula is C22H21ClN4. The molecule has 0 saturated heterocycles. The van der Waals surface area contributed by atoms with Gasteiger partial charge in [0.2, 0.25) is 0 Å². The number of halogens is 1. The SMILES string of the molecule is CCC(C)Nc1cc(-c2ccccc2)nc2c(-c3ccc(Cl)cc3)cnn12. The van der Waals surface area contributed by atoms with Crippen molar-refractivity contribution in [3.05, 3.63) is 71.9 Å². The molecule has 4 rings (SSSR count). The van der Waals surface area contributed by atoms with Gasteiger partial charge in [-0.05, 0) is 31.0 Å². The summed E-state index contributed by atoms with van der Waals surface area (Å²) in [5.41, 5.74) is 4.85. The van der Waals surface area contributed by atoms with Crippen molar-refractivity contribution in [1.82, 2.24) is 14.6 Å². The van der Waals surface area contributed by atoms with Crippen LogP contribution in [-0.4, -0.2) is 20.6 Å². The number of hydrogen-bond acceptors (Lipinski definition) is 3. The van der Waals surface area contributed by atoms with E-state index in [0.717, 1.165) is 40.3 Å². The first-order valence-electron chi connectivity index (χ1n) is 9.12. The van der Waals surface area contributed by atoms with Crippen molar-refractivity contribution < 1.29 is 0 Å². The number of nitrogens with zero attached hydrogens (tertiary/aromatic N) is 3. The van der Waals surface area contributed by atoms with Gasteiger partial charge in [0.15, 0.2) is 5.65 Å². The first kappa shape index (κ1) is 17.6. The van der Waals surface area contributed by atoms with Crippen LogP contribution in [0.5, 0.6) is 0 Å². The first-order chi connectivity index (χ1) is 13.2. The molecule has 0 amide bonds. The minimum absolute atomic E-state index is 0.336. The smallest absolute Gasteiger partial charge is 0.165 e. The van der Waals surface area contributed by atoms with Gasteiger partial charge in [0.1, 0.15) is 5.82 Å². The fourth-order valence-corrected chi connectivity index (χ4v) is 3.14. The van der Waals surface area contributed by atoms with Crippen LogP contribution in [0.4, 0.5) is 5.82 Å². The van der Waals surface area contributed by atoms with E-state index >= 15 is 0 Å². The van der Waals surface area contributed by atoms with Crippen LogP contribution in [0.25, 0.3) is 28.0 Å². The molecule has 136 valence electrons. The van der Waals surface area contributed by atoms with Crippen molar-refractivity contribution in [3.63, 3.8) is 0 Å². The van der Waals surface area contributed by atoms with Crippen molar-refractivity contribution in [3.8, 4) is 22.4 Å². The van der Waals surface area contributed by atoms with E-state index < -0.39 is 0 Å². The Morgan fingerprint density at radius 2 is 1.78 bits per heavy atom. The Morgan fingerprint density at radius 3 is 2.48 bits per heavy atom. The molecule has 0 aliphatic heterocycles. The summed E-state index contributed by atoms with van der Waals surface area (Å²) in [6, 6.07) is 20.4. The number of rotatable bonds is 5. The van der Waals surface area contributed by atoms with E-state index in [1.54, 1.807) is 0 Å². The van der Waals surface area contributed by atoms with Gasteiger partial charge in [-0.1, -0.05) is 61.0 Å². The number of hydrogen-bond donors (Lipinski definition) is 1. The maximum absolute atomic E-state index is 6.05. The summed E-state index contributed by atoms with van der Waals surface area (Å²) in [5, 5.41) is 8.87. The van der Waals surface area contributed by atoms with Gasteiger partial charge in [0.05, 0.1) is 11.9 Å². The summed E-state index contributed by atoms with van der Waals surface area (Å²) in [6.45, 7) is 4.33. The van der Waals surface area contributed by atoms with Crippen LogP contribution in [0.15, 0.2) is 66.9 Å². The molecule has 0 aliphatic rings. The molecule has 2 aromatic heterocycles. The van der Waals surface area contributed by atoms with Gasteiger partial charge >= 0.3 is 0 Å². The summed E-state index contributed by atoms with van der Waals surface area (Å²) in [4.78, 5) is 4.93. The van der Waals surface area contributed by atoms with Gasteiger partial charge < -0.3 is 5.32 Å². The van der Waals surface area contributed by atoms with Gasteiger partial charge in [-0.25, -0.2) is 4.98 Å². The van der Waals surface area contributed by atoms with Crippen LogP contribution in [0.2, 0.25) is 5.02 Å². The number of anilines is 1. The highest BCUT2D eigenvalue weighted by Gasteiger charge is 2.15. The fraction of sp³-hybridized carbons (Fsp3) is 0.182. The second-order valence-corrected chi connectivity index (χ2v) is 7.08. The van der Waals surface area contributed by atoms with E-state index in [9.17, 15) is 0 Å². The van der Waals surface area contributed by atoms with Crippen molar-refractivity contribution in [1.29, 1.82) is 0 Å². The Labute approximate surface area is 163 Å². The lowest BCUT2D eigenvalue weighted by molar-refractivity contribution is 0.749. The molecule has 0 spiro atoms. The van der Waals surface area contributed by atoms with Crippen LogP contribution >= 0.6 is 11.6 Å². The Morgan fingerprint density at radius 1 is 1.04 bits per heavy atom. The van der Waals surface area contributed by atoms with E-state index in [0.29, 0.717) is 11.1 Å². The maximum atomic E-state index is 6.05. The molecule has 1 atom stereocenters. The average Bonchev–Trinajstić information content (AvgIpc) is 3.13. The normalized spacial score (nSPS) is 12.3. The summed E-state index contributed by atoms with van der Waals surface area (Å²) in [6.07, 6.45) is 2.89. The van der Waals surface area contributed by atoms with Crippen LogP contribution in [0.1, 0.15) is 20.3 Å². The fourth-order valence-electron chi connectivity index (χ4n) is 3.01. The minimum atomic E-state index is 0.336. The second-order valence-electron chi connectivity index (χ2n) is 6.65. The lowest BCUT2D eigenvalue weighted by atomic mass is 10.1. The molecule has 0 fully saturated rings. The van der Waals surface area contributed by atoms with Gasteiger partial charge in [-0.3, -0.25) is 0 Å². The monoisotopic (exact) mass is 376 g/mol. The van der Waals surface area contributed by atoms with E-state index in [1.807, 2.05) is 53.2 Å². The molecule has 2 heterocycles. The average molecular weight is 377 g/mol. The third-order valence-corrected chi connectivity index (χ3v) is 4.96. The molecule has 0 saturated carbocycles. The highest BCUT2D eigenvalue weighted by atomic mass is 35.5. The van der Waals surface area contributed by atoms with Crippen LogP contribution in [-0.2, 0) is 0 Å². The highest BCUT2D eigenvalue weighted by Crippen LogP contribution is 2.29. The molecule has 0 aliphatic carbocycles. The van der Waals surface area contributed by atoms with Crippen molar-refractivity contribution in [2.24, 2.45) is 0 Å². The first-order valence-corrected chi connectivity index (χ1v) is 9.50. The van der Waals surface area contributed by atoms with Crippen molar-refractivity contribution >= 4 is 23.1 Å². The van der Waals surface area contributed by atoms with E-state index in [-0.39, 0.29) is 0 Å². The molecular weight excluding hydrogens is 356 g/mol. The summed E-state index contributed by atoms with van der Waals surface area (Å²) < 4.78 is 1.88.